The highest BCUT2D eigenvalue weighted by Gasteiger charge is 2.62. The number of hydrogen-bond donors (Lipinski definition) is 1. The number of ether oxygens (including phenoxy) is 1. The molecule has 1 saturated carbocycles. The third-order valence-electron chi connectivity index (χ3n) is 7.55. The van der Waals surface area contributed by atoms with Gasteiger partial charge in [0, 0.05) is 44.1 Å². The topological polar surface area (TPSA) is 79.0 Å². The van der Waals surface area contributed by atoms with Gasteiger partial charge in [-0.3, -0.25) is 4.79 Å². The number of nitrogens with zero attached hydrogens (tertiary/aromatic N) is 2. The third kappa shape index (κ3) is 4.87. The van der Waals surface area contributed by atoms with Crippen molar-refractivity contribution >= 4 is 16.1 Å². The summed E-state index contributed by atoms with van der Waals surface area (Å²) in [5.41, 5.74) is -1.17. The van der Waals surface area contributed by atoms with Gasteiger partial charge in [-0.2, -0.15) is 17.4 Å². The third-order valence-corrected chi connectivity index (χ3v) is 9.07. The van der Waals surface area contributed by atoms with Gasteiger partial charge >= 0.3 is 0 Å². The second kappa shape index (κ2) is 9.33. The molecule has 1 spiro atoms. The maximum absolute atomic E-state index is 15.7. The van der Waals surface area contributed by atoms with Gasteiger partial charge in [0.1, 0.15) is 29.4 Å². The van der Waals surface area contributed by atoms with E-state index in [0.29, 0.717) is 31.9 Å². The molecule has 2 aromatic rings. The van der Waals surface area contributed by atoms with E-state index in [9.17, 15) is 26.4 Å². The van der Waals surface area contributed by atoms with Gasteiger partial charge in [0.05, 0.1) is 18.7 Å². The van der Waals surface area contributed by atoms with E-state index < -0.39 is 57.1 Å². The molecule has 12 heteroatoms. The molecule has 3 atom stereocenters. The van der Waals surface area contributed by atoms with E-state index in [-0.39, 0.29) is 35.6 Å². The van der Waals surface area contributed by atoms with E-state index in [4.69, 9.17) is 4.74 Å². The highest BCUT2D eigenvalue weighted by Crippen LogP contribution is 2.56. The van der Waals surface area contributed by atoms with Crippen molar-refractivity contribution in [2.24, 2.45) is 5.41 Å². The molecule has 1 aliphatic carbocycles. The predicted octanol–water partition coefficient (Wildman–Crippen LogP) is 3.00. The molecule has 1 N–H and O–H groups in total. The maximum Gasteiger partial charge on any atom is 0.279 e. The summed E-state index contributed by atoms with van der Waals surface area (Å²) < 4.78 is 92.7. The van der Waals surface area contributed by atoms with Gasteiger partial charge in [-0.15, -0.1) is 0 Å². The number of amides is 1. The molecule has 37 heavy (non-hydrogen) atoms. The Morgan fingerprint density at radius 2 is 1.70 bits per heavy atom. The van der Waals surface area contributed by atoms with Crippen molar-refractivity contribution < 1.29 is 35.5 Å². The molecule has 3 fully saturated rings. The summed E-state index contributed by atoms with van der Waals surface area (Å²) in [6.07, 6.45) is 0.977. The lowest BCUT2D eigenvalue weighted by molar-refractivity contribution is -0.157. The summed E-state index contributed by atoms with van der Waals surface area (Å²) in [6, 6.07) is 2.66. The van der Waals surface area contributed by atoms with E-state index in [0.717, 1.165) is 28.6 Å². The lowest BCUT2D eigenvalue weighted by Crippen LogP contribution is -2.54. The molecule has 2 aliphatic heterocycles. The minimum absolute atomic E-state index is 0.135. The summed E-state index contributed by atoms with van der Waals surface area (Å²) in [5.74, 6) is -3.94. The molecule has 200 valence electrons. The van der Waals surface area contributed by atoms with Gasteiger partial charge in [0.25, 0.3) is 16.1 Å². The Morgan fingerprint density at radius 1 is 1.08 bits per heavy atom. The van der Waals surface area contributed by atoms with Crippen molar-refractivity contribution in [1.82, 2.24) is 13.9 Å². The Hall–Kier alpha value is -2.54. The van der Waals surface area contributed by atoms with Crippen LogP contribution in [0.1, 0.15) is 24.8 Å². The molecule has 7 nitrogen and oxygen atoms in total. The van der Waals surface area contributed by atoms with Gasteiger partial charge in [0.15, 0.2) is 0 Å². The summed E-state index contributed by atoms with van der Waals surface area (Å²) >= 11 is 0. The Bertz CT molecular complexity index is 1330. The molecular weight excluding hydrogens is 514 g/mol. The van der Waals surface area contributed by atoms with Gasteiger partial charge < -0.3 is 9.64 Å². The summed E-state index contributed by atoms with van der Waals surface area (Å²) in [4.78, 5) is 14.8. The van der Waals surface area contributed by atoms with Crippen LogP contribution in [0.2, 0.25) is 0 Å². The van der Waals surface area contributed by atoms with Gasteiger partial charge in [0.2, 0.25) is 0 Å². The van der Waals surface area contributed by atoms with Crippen LogP contribution >= 0.6 is 0 Å². The Labute approximate surface area is 212 Å². The van der Waals surface area contributed by atoms with Crippen molar-refractivity contribution in [2.45, 2.75) is 43.9 Å². The lowest BCUT2D eigenvalue weighted by Gasteiger charge is -2.34. The quantitative estimate of drug-likeness (QED) is 0.547. The van der Waals surface area contributed by atoms with Crippen LogP contribution in [0.5, 0.6) is 0 Å². The van der Waals surface area contributed by atoms with Gasteiger partial charge in [-0.05, 0) is 54.7 Å². The molecule has 3 aliphatic rings. The number of carbonyl (C=O) groups is 1. The largest absolute Gasteiger partial charge is 0.368 e. The van der Waals surface area contributed by atoms with Crippen LogP contribution in [-0.2, 0) is 26.2 Å². The zero-order chi connectivity index (χ0) is 26.7. The normalized spacial score (nSPS) is 24.5. The summed E-state index contributed by atoms with van der Waals surface area (Å²) in [6.45, 7) is 0.693. The molecule has 0 radical (unpaired) electrons. The first-order chi connectivity index (χ1) is 17.4. The van der Waals surface area contributed by atoms with E-state index in [2.05, 4.69) is 4.72 Å². The first-order valence-electron chi connectivity index (χ1n) is 12.0. The fraction of sp³-hybridized carbons (Fsp3) is 0.480. The minimum Gasteiger partial charge on any atom is -0.368 e. The van der Waals surface area contributed by atoms with Crippen molar-refractivity contribution in [2.75, 3.05) is 27.2 Å². The van der Waals surface area contributed by atoms with E-state index in [1.165, 1.54) is 19.0 Å². The van der Waals surface area contributed by atoms with Crippen LogP contribution in [0.15, 0.2) is 30.3 Å². The number of nitrogens with one attached hydrogen (secondary N) is 1. The van der Waals surface area contributed by atoms with Crippen LogP contribution in [0.3, 0.4) is 0 Å². The maximum atomic E-state index is 15.7. The van der Waals surface area contributed by atoms with E-state index in [1.807, 2.05) is 0 Å². The molecule has 0 unspecified atom stereocenters. The van der Waals surface area contributed by atoms with Crippen molar-refractivity contribution in [3.05, 3.63) is 59.2 Å². The second-order valence-corrected chi connectivity index (χ2v) is 12.1. The highest BCUT2D eigenvalue weighted by atomic mass is 32.2. The molecule has 5 rings (SSSR count). The fourth-order valence-electron chi connectivity index (χ4n) is 5.27. The Morgan fingerprint density at radius 3 is 2.24 bits per heavy atom. The first kappa shape index (κ1) is 26.1. The van der Waals surface area contributed by atoms with Crippen LogP contribution < -0.4 is 4.72 Å². The van der Waals surface area contributed by atoms with Crippen molar-refractivity contribution in [3.63, 3.8) is 0 Å². The minimum atomic E-state index is -3.91. The van der Waals surface area contributed by atoms with Crippen LogP contribution in [0, 0.1) is 28.7 Å². The van der Waals surface area contributed by atoms with E-state index >= 15 is 4.39 Å². The first-order valence-corrected chi connectivity index (χ1v) is 13.4. The molecule has 2 heterocycles. The van der Waals surface area contributed by atoms with Gasteiger partial charge in [-0.1, -0.05) is 0 Å². The smallest absolute Gasteiger partial charge is 0.279 e. The monoisotopic (exact) mass is 541 g/mol. The van der Waals surface area contributed by atoms with Crippen LogP contribution in [-0.4, -0.2) is 69.0 Å². The molecule has 2 saturated heterocycles. The van der Waals surface area contributed by atoms with Crippen LogP contribution in [0.4, 0.5) is 17.6 Å². The molecule has 0 aromatic heterocycles. The number of halogens is 4. The number of carbonyl (C=O) groups excluding carboxylic acids is 1. The Balaban J connectivity index is 1.55. The number of hydrogen-bond acceptors (Lipinski definition) is 4. The average Bonchev–Trinajstić information content (AvgIpc) is 3.49. The highest BCUT2D eigenvalue weighted by molar-refractivity contribution is 7.87. The van der Waals surface area contributed by atoms with Crippen LogP contribution in [0.25, 0.3) is 11.1 Å². The number of rotatable bonds is 7. The molecular formula is C25H27F4N3O4S. The lowest BCUT2D eigenvalue weighted by atomic mass is 9.91. The second-order valence-electron chi connectivity index (χ2n) is 10.2. The average molecular weight is 542 g/mol. The standard InChI is InChI=1S/C25H27F4N3O4S/c1-31(2)37(34,35)30-23-20(32(13-25(23)4-5-25)24(33)21-3-6-36-21)10-15-9-18(28)12-19(22(15)29)14-7-16(26)11-17(27)8-14/h7-9,11-12,20-21,23,30H,3-6,10,13H2,1-2H3/t20-,21+,23+/m0/s1. The molecule has 2 aromatic carbocycles. The molecule has 0 bridgehead atoms. The summed E-state index contributed by atoms with van der Waals surface area (Å²) in [7, 11) is -1.18. The van der Waals surface area contributed by atoms with Gasteiger partial charge in [-0.25, -0.2) is 17.6 Å². The van der Waals surface area contributed by atoms with E-state index in [1.54, 1.807) is 0 Å². The number of likely N-dealkylation sites (tertiary alicyclic amines) is 1. The zero-order valence-corrected chi connectivity index (χ0v) is 21.1. The van der Waals surface area contributed by atoms with Crippen molar-refractivity contribution in [1.29, 1.82) is 0 Å². The number of benzene rings is 2. The predicted molar refractivity (Wildman–Crippen MR) is 126 cm³/mol. The fourth-order valence-corrected chi connectivity index (χ4v) is 6.20. The van der Waals surface area contributed by atoms with Crippen molar-refractivity contribution in [3.8, 4) is 11.1 Å². The summed E-state index contributed by atoms with van der Waals surface area (Å²) in [5, 5.41) is 0. The SMILES string of the molecule is CN(C)S(=O)(=O)N[C@@H]1[C@H](Cc2cc(F)cc(-c3cc(F)cc(F)c3)c2F)N(C(=O)[C@H]2CCO2)CC12CC2. The zero-order valence-electron chi connectivity index (χ0n) is 20.3. The molecule has 1 amide bonds. The Kier molecular flexibility index (Phi) is 6.58.